The van der Waals surface area contributed by atoms with Gasteiger partial charge in [0.05, 0.1) is 0 Å². The molecule has 0 aliphatic carbocycles. The second-order valence-electron chi connectivity index (χ2n) is 4.27. The van der Waals surface area contributed by atoms with E-state index < -0.39 is 0 Å². The summed E-state index contributed by atoms with van der Waals surface area (Å²) in [6.07, 6.45) is 1.81. The minimum atomic E-state index is 0.505. The Morgan fingerprint density at radius 1 is 1.17 bits per heavy atom. The van der Waals surface area contributed by atoms with Crippen molar-refractivity contribution in [2.24, 2.45) is 5.73 Å². The van der Waals surface area contributed by atoms with Crippen molar-refractivity contribution in [1.82, 2.24) is 4.98 Å². The number of nitrogens with zero attached hydrogens (tertiary/aromatic N) is 2. The molecule has 1 aromatic heterocycles. The number of hydrogen-bond acceptors (Lipinski definition) is 3. The highest BCUT2D eigenvalue weighted by Crippen LogP contribution is 2.26. The number of aryl methyl sites for hydroxylation is 1. The maximum absolute atomic E-state index is 5.78. The van der Waals surface area contributed by atoms with Gasteiger partial charge in [-0.15, -0.1) is 0 Å². The van der Waals surface area contributed by atoms with E-state index in [4.69, 9.17) is 5.73 Å². The highest BCUT2D eigenvalue weighted by Gasteiger charge is 2.11. The topological polar surface area (TPSA) is 42.2 Å². The summed E-state index contributed by atoms with van der Waals surface area (Å²) in [5.74, 6) is 0.950. The number of pyridine rings is 1. The summed E-state index contributed by atoms with van der Waals surface area (Å²) in [7, 11) is 0. The SMILES string of the molecule is CCN(c1ccc(C)cc1)c1ncccc1CN. The van der Waals surface area contributed by atoms with Crippen molar-refractivity contribution in [2.75, 3.05) is 11.4 Å². The molecule has 3 heteroatoms. The van der Waals surface area contributed by atoms with E-state index in [9.17, 15) is 0 Å². The van der Waals surface area contributed by atoms with Crippen LogP contribution in [0.3, 0.4) is 0 Å². The fourth-order valence-corrected chi connectivity index (χ4v) is 2.01. The molecule has 2 aromatic rings. The lowest BCUT2D eigenvalue weighted by Gasteiger charge is -2.24. The van der Waals surface area contributed by atoms with Gasteiger partial charge in [0.2, 0.25) is 0 Å². The van der Waals surface area contributed by atoms with Crippen LogP contribution in [0, 0.1) is 6.92 Å². The summed E-state index contributed by atoms with van der Waals surface area (Å²) < 4.78 is 0. The first-order valence-corrected chi connectivity index (χ1v) is 6.24. The maximum atomic E-state index is 5.78. The normalized spacial score (nSPS) is 10.4. The molecule has 0 unspecified atom stereocenters. The molecule has 94 valence electrons. The van der Waals surface area contributed by atoms with Gasteiger partial charge in [-0.05, 0) is 32.0 Å². The largest absolute Gasteiger partial charge is 0.326 e. The smallest absolute Gasteiger partial charge is 0.137 e. The van der Waals surface area contributed by atoms with Gasteiger partial charge in [0.25, 0.3) is 0 Å². The van der Waals surface area contributed by atoms with E-state index in [1.165, 1.54) is 5.56 Å². The van der Waals surface area contributed by atoms with Gasteiger partial charge < -0.3 is 10.6 Å². The first kappa shape index (κ1) is 12.6. The molecule has 0 saturated carbocycles. The Kier molecular flexibility index (Phi) is 3.95. The second kappa shape index (κ2) is 5.65. The molecule has 0 radical (unpaired) electrons. The number of aromatic nitrogens is 1. The van der Waals surface area contributed by atoms with Crippen molar-refractivity contribution in [3.05, 3.63) is 53.7 Å². The first-order valence-electron chi connectivity index (χ1n) is 6.24. The van der Waals surface area contributed by atoms with Gasteiger partial charge >= 0.3 is 0 Å². The summed E-state index contributed by atoms with van der Waals surface area (Å²) in [5, 5.41) is 0. The Morgan fingerprint density at radius 3 is 2.50 bits per heavy atom. The molecule has 0 fully saturated rings. The molecule has 0 atom stereocenters. The van der Waals surface area contributed by atoms with Crippen molar-refractivity contribution in [2.45, 2.75) is 20.4 Å². The molecule has 0 aliphatic rings. The Hall–Kier alpha value is -1.87. The van der Waals surface area contributed by atoms with Crippen LogP contribution in [0.25, 0.3) is 0 Å². The number of benzene rings is 1. The van der Waals surface area contributed by atoms with E-state index in [0.29, 0.717) is 6.54 Å². The van der Waals surface area contributed by atoms with Gasteiger partial charge in [0.1, 0.15) is 5.82 Å². The average molecular weight is 241 g/mol. The Labute approximate surface area is 108 Å². The van der Waals surface area contributed by atoms with Gasteiger partial charge in [-0.2, -0.15) is 0 Å². The zero-order valence-electron chi connectivity index (χ0n) is 10.9. The summed E-state index contributed by atoms with van der Waals surface area (Å²) in [5.41, 5.74) is 9.26. The lowest BCUT2D eigenvalue weighted by Crippen LogP contribution is -2.19. The molecule has 0 saturated heterocycles. The first-order chi connectivity index (χ1) is 8.76. The summed E-state index contributed by atoms with van der Waals surface area (Å²) in [6.45, 7) is 5.58. The molecule has 1 aromatic carbocycles. The standard InChI is InChI=1S/C15H19N3/c1-3-18(14-8-6-12(2)7-9-14)15-13(11-16)5-4-10-17-15/h4-10H,3,11,16H2,1-2H3. The van der Waals surface area contributed by atoms with Crippen molar-refractivity contribution in [3.63, 3.8) is 0 Å². The zero-order chi connectivity index (χ0) is 13.0. The lowest BCUT2D eigenvalue weighted by atomic mass is 10.2. The molecule has 2 rings (SSSR count). The van der Waals surface area contributed by atoms with E-state index in [1.54, 1.807) is 0 Å². The van der Waals surface area contributed by atoms with Crippen LogP contribution in [-0.4, -0.2) is 11.5 Å². The van der Waals surface area contributed by atoms with Crippen molar-refractivity contribution >= 4 is 11.5 Å². The van der Waals surface area contributed by atoms with Crippen LogP contribution < -0.4 is 10.6 Å². The molecule has 2 N–H and O–H groups in total. The third-order valence-corrected chi connectivity index (χ3v) is 3.00. The summed E-state index contributed by atoms with van der Waals surface area (Å²) in [4.78, 5) is 6.65. The van der Waals surface area contributed by atoms with Gasteiger partial charge in [-0.1, -0.05) is 23.8 Å². The van der Waals surface area contributed by atoms with Gasteiger partial charge in [-0.3, -0.25) is 0 Å². The molecule has 0 amide bonds. The molecule has 0 aliphatic heterocycles. The fourth-order valence-electron chi connectivity index (χ4n) is 2.01. The van der Waals surface area contributed by atoms with Crippen LogP contribution in [0.4, 0.5) is 11.5 Å². The number of rotatable bonds is 4. The lowest BCUT2D eigenvalue weighted by molar-refractivity contribution is 0.948. The average Bonchev–Trinajstić information content (AvgIpc) is 2.42. The summed E-state index contributed by atoms with van der Waals surface area (Å²) in [6, 6.07) is 12.4. The fraction of sp³-hybridized carbons (Fsp3) is 0.267. The predicted octanol–water partition coefficient (Wildman–Crippen LogP) is 3.01. The number of anilines is 2. The second-order valence-corrected chi connectivity index (χ2v) is 4.27. The van der Waals surface area contributed by atoms with Crippen molar-refractivity contribution in [1.29, 1.82) is 0 Å². The van der Waals surface area contributed by atoms with Gasteiger partial charge in [-0.25, -0.2) is 4.98 Å². The van der Waals surface area contributed by atoms with Gasteiger partial charge in [0, 0.05) is 30.5 Å². The monoisotopic (exact) mass is 241 g/mol. The van der Waals surface area contributed by atoms with E-state index in [0.717, 1.165) is 23.6 Å². The molecular formula is C15H19N3. The number of hydrogen-bond donors (Lipinski definition) is 1. The molecule has 18 heavy (non-hydrogen) atoms. The van der Waals surface area contributed by atoms with E-state index in [-0.39, 0.29) is 0 Å². The minimum absolute atomic E-state index is 0.505. The molecule has 3 nitrogen and oxygen atoms in total. The molecule has 1 heterocycles. The third-order valence-electron chi connectivity index (χ3n) is 3.00. The van der Waals surface area contributed by atoms with Gasteiger partial charge in [0.15, 0.2) is 0 Å². The predicted molar refractivity (Wildman–Crippen MR) is 76.0 cm³/mol. The van der Waals surface area contributed by atoms with Crippen molar-refractivity contribution < 1.29 is 0 Å². The van der Waals surface area contributed by atoms with Crippen LogP contribution in [0.15, 0.2) is 42.6 Å². The van der Waals surface area contributed by atoms with Crippen LogP contribution >= 0.6 is 0 Å². The Bertz CT molecular complexity index is 505. The highest BCUT2D eigenvalue weighted by atomic mass is 15.2. The number of nitrogens with two attached hydrogens (primary N) is 1. The quantitative estimate of drug-likeness (QED) is 0.894. The maximum Gasteiger partial charge on any atom is 0.137 e. The molecule has 0 spiro atoms. The molecular weight excluding hydrogens is 222 g/mol. The summed E-state index contributed by atoms with van der Waals surface area (Å²) >= 11 is 0. The van der Waals surface area contributed by atoms with Crippen LogP contribution in [0.2, 0.25) is 0 Å². The Balaban J connectivity index is 2.41. The van der Waals surface area contributed by atoms with E-state index in [1.807, 2.05) is 18.3 Å². The minimum Gasteiger partial charge on any atom is -0.326 e. The van der Waals surface area contributed by atoms with Crippen LogP contribution in [-0.2, 0) is 6.54 Å². The van der Waals surface area contributed by atoms with Crippen LogP contribution in [0.5, 0.6) is 0 Å². The zero-order valence-corrected chi connectivity index (χ0v) is 10.9. The van der Waals surface area contributed by atoms with E-state index in [2.05, 4.69) is 48.0 Å². The van der Waals surface area contributed by atoms with Crippen molar-refractivity contribution in [3.8, 4) is 0 Å². The third kappa shape index (κ3) is 2.51. The Morgan fingerprint density at radius 2 is 1.89 bits per heavy atom. The molecule has 0 bridgehead atoms. The highest BCUT2D eigenvalue weighted by molar-refractivity contribution is 5.62. The van der Waals surface area contributed by atoms with E-state index >= 15 is 0 Å². The van der Waals surface area contributed by atoms with Crippen LogP contribution in [0.1, 0.15) is 18.1 Å².